The summed E-state index contributed by atoms with van der Waals surface area (Å²) in [5.41, 5.74) is 0.503. The third-order valence-corrected chi connectivity index (χ3v) is 2.82. The van der Waals surface area contributed by atoms with Crippen LogP contribution in [0.4, 0.5) is 5.69 Å². The van der Waals surface area contributed by atoms with Crippen LogP contribution >= 0.6 is 0 Å². The number of benzene rings is 3. The molecule has 0 aromatic heterocycles. The maximum Gasteiger partial charge on any atom is 0.115 e. The summed E-state index contributed by atoms with van der Waals surface area (Å²) in [5, 5.41) is 7.33. The number of nitrogens with zero attached hydrogens (tertiary/aromatic N) is 1. The molecule has 3 rings (SSSR count). The van der Waals surface area contributed by atoms with Crippen LogP contribution in [0.5, 0.6) is 0 Å². The number of fused-ring (bicyclic) bond motifs is 2. The molecule has 0 heterocycles. The minimum absolute atomic E-state index is 0.503. The summed E-state index contributed by atoms with van der Waals surface area (Å²) in [6, 6.07) is 17.8. The Bertz CT molecular complexity index is 688. The molecule has 0 amide bonds. The molecular formula is C14H9NO. The highest BCUT2D eigenvalue weighted by atomic mass is 16.3. The second kappa shape index (κ2) is 3.42. The van der Waals surface area contributed by atoms with Crippen LogP contribution in [0, 0.1) is 4.91 Å². The second-order valence-electron chi connectivity index (χ2n) is 3.79. The van der Waals surface area contributed by atoms with Crippen molar-refractivity contribution < 1.29 is 0 Å². The molecule has 16 heavy (non-hydrogen) atoms. The highest BCUT2D eigenvalue weighted by Crippen LogP contribution is 2.29. The van der Waals surface area contributed by atoms with Gasteiger partial charge in [-0.25, -0.2) is 0 Å². The predicted octanol–water partition coefficient (Wildman–Crippen LogP) is 4.39. The van der Waals surface area contributed by atoms with Gasteiger partial charge in [0, 0.05) is 5.39 Å². The zero-order chi connectivity index (χ0) is 11.0. The average molecular weight is 207 g/mol. The van der Waals surface area contributed by atoms with Crippen molar-refractivity contribution >= 4 is 27.2 Å². The number of hydrogen-bond acceptors (Lipinski definition) is 2. The van der Waals surface area contributed by atoms with E-state index in [4.69, 9.17) is 0 Å². The molecule has 0 aliphatic heterocycles. The van der Waals surface area contributed by atoms with Crippen LogP contribution in [0.1, 0.15) is 0 Å². The molecule has 0 bridgehead atoms. The molecule has 2 heteroatoms. The van der Waals surface area contributed by atoms with Gasteiger partial charge in [0.05, 0.1) is 0 Å². The van der Waals surface area contributed by atoms with Gasteiger partial charge < -0.3 is 0 Å². The minimum atomic E-state index is 0.503. The molecule has 0 spiro atoms. The highest BCUT2D eigenvalue weighted by molar-refractivity contribution is 6.02. The maximum atomic E-state index is 10.7. The van der Waals surface area contributed by atoms with Gasteiger partial charge in [0.1, 0.15) is 5.69 Å². The van der Waals surface area contributed by atoms with Crippen molar-refractivity contribution in [2.45, 2.75) is 0 Å². The first-order valence-corrected chi connectivity index (χ1v) is 5.13. The molecule has 0 aliphatic carbocycles. The van der Waals surface area contributed by atoms with Crippen LogP contribution in [-0.4, -0.2) is 0 Å². The van der Waals surface area contributed by atoms with Gasteiger partial charge in [-0.3, -0.25) is 0 Å². The molecular weight excluding hydrogens is 198 g/mol. The van der Waals surface area contributed by atoms with E-state index in [2.05, 4.69) is 17.3 Å². The van der Waals surface area contributed by atoms with Crippen LogP contribution in [0.15, 0.2) is 59.8 Å². The van der Waals surface area contributed by atoms with E-state index in [1.165, 1.54) is 5.39 Å². The lowest BCUT2D eigenvalue weighted by molar-refractivity contribution is 1.54. The van der Waals surface area contributed by atoms with Crippen molar-refractivity contribution in [2.75, 3.05) is 0 Å². The van der Waals surface area contributed by atoms with Gasteiger partial charge in [-0.1, -0.05) is 36.4 Å². The molecule has 0 N–H and O–H groups in total. The summed E-state index contributed by atoms with van der Waals surface area (Å²) in [7, 11) is 0. The fourth-order valence-electron chi connectivity index (χ4n) is 2.03. The number of nitroso groups, excluding NO2 is 1. The zero-order valence-corrected chi connectivity index (χ0v) is 8.55. The lowest BCUT2D eigenvalue weighted by Crippen LogP contribution is -1.76. The molecule has 3 aromatic rings. The smallest absolute Gasteiger partial charge is 0.115 e. The fourth-order valence-corrected chi connectivity index (χ4v) is 2.03. The summed E-state index contributed by atoms with van der Waals surface area (Å²) in [6.07, 6.45) is 0. The van der Waals surface area contributed by atoms with E-state index in [0.29, 0.717) is 5.69 Å². The van der Waals surface area contributed by atoms with Crippen LogP contribution < -0.4 is 0 Å². The lowest BCUT2D eigenvalue weighted by atomic mass is 10.0. The number of rotatable bonds is 1. The fraction of sp³-hybridized carbons (Fsp3) is 0. The van der Waals surface area contributed by atoms with Gasteiger partial charge in [0.15, 0.2) is 0 Å². The molecule has 0 saturated heterocycles. The quantitative estimate of drug-likeness (QED) is 0.429. The monoisotopic (exact) mass is 207 g/mol. The Morgan fingerprint density at radius 1 is 0.750 bits per heavy atom. The minimum Gasteiger partial charge on any atom is -0.145 e. The van der Waals surface area contributed by atoms with E-state index in [-0.39, 0.29) is 0 Å². The van der Waals surface area contributed by atoms with Crippen molar-refractivity contribution in [3.8, 4) is 0 Å². The first kappa shape index (κ1) is 9.04. The molecule has 2 nitrogen and oxygen atoms in total. The van der Waals surface area contributed by atoms with Crippen molar-refractivity contribution in [1.82, 2.24) is 0 Å². The molecule has 0 atom stereocenters. The van der Waals surface area contributed by atoms with Gasteiger partial charge >= 0.3 is 0 Å². The molecule has 0 radical (unpaired) electrons. The largest absolute Gasteiger partial charge is 0.145 e. The third kappa shape index (κ3) is 1.27. The first-order chi connectivity index (χ1) is 7.88. The second-order valence-corrected chi connectivity index (χ2v) is 3.79. The van der Waals surface area contributed by atoms with Crippen LogP contribution in [0.25, 0.3) is 21.5 Å². The Kier molecular flexibility index (Phi) is 1.93. The van der Waals surface area contributed by atoms with E-state index in [0.717, 1.165) is 16.2 Å². The summed E-state index contributed by atoms with van der Waals surface area (Å²) in [6.45, 7) is 0. The van der Waals surface area contributed by atoms with E-state index in [1.807, 2.05) is 36.4 Å². The van der Waals surface area contributed by atoms with E-state index in [1.54, 1.807) is 6.07 Å². The van der Waals surface area contributed by atoms with Gasteiger partial charge in [0.2, 0.25) is 0 Å². The molecule has 0 fully saturated rings. The Morgan fingerprint density at radius 3 is 2.19 bits per heavy atom. The summed E-state index contributed by atoms with van der Waals surface area (Å²) in [5.74, 6) is 0. The van der Waals surface area contributed by atoms with Gasteiger partial charge in [0.25, 0.3) is 0 Å². The summed E-state index contributed by atoms with van der Waals surface area (Å²) < 4.78 is 0. The summed E-state index contributed by atoms with van der Waals surface area (Å²) in [4.78, 5) is 10.7. The van der Waals surface area contributed by atoms with Crippen molar-refractivity contribution in [3.63, 3.8) is 0 Å². The van der Waals surface area contributed by atoms with Crippen molar-refractivity contribution in [3.05, 3.63) is 59.5 Å². The number of hydrogen-bond donors (Lipinski definition) is 0. The Labute approximate surface area is 92.5 Å². The maximum absolute atomic E-state index is 10.7. The Balaban J connectivity index is 2.51. The van der Waals surface area contributed by atoms with Gasteiger partial charge in [-0.15, -0.1) is 4.91 Å². The first-order valence-electron chi connectivity index (χ1n) is 5.13. The van der Waals surface area contributed by atoms with Crippen molar-refractivity contribution in [2.24, 2.45) is 5.18 Å². The Morgan fingerprint density at radius 2 is 1.44 bits per heavy atom. The van der Waals surface area contributed by atoms with E-state index >= 15 is 0 Å². The predicted molar refractivity (Wildman–Crippen MR) is 66.9 cm³/mol. The summed E-state index contributed by atoms with van der Waals surface area (Å²) >= 11 is 0. The standard InChI is InChI=1S/C14H9NO/c16-15-14-7-3-6-12-8-10-4-1-2-5-11(10)9-13(12)14/h1-9H. The molecule has 76 valence electrons. The molecule has 0 unspecified atom stereocenters. The Hall–Kier alpha value is -2.22. The highest BCUT2D eigenvalue weighted by Gasteiger charge is 2.02. The van der Waals surface area contributed by atoms with E-state index < -0.39 is 0 Å². The van der Waals surface area contributed by atoms with Crippen LogP contribution in [0.2, 0.25) is 0 Å². The van der Waals surface area contributed by atoms with Gasteiger partial charge in [-0.05, 0) is 39.5 Å². The van der Waals surface area contributed by atoms with E-state index in [9.17, 15) is 4.91 Å². The van der Waals surface area contributed by atoms with Crippen molar-refractivity contribution in [1.29, 1.82) is 0 Å². The molecule has 0 saturated carbocycles. The third-order valence-electron chi connectivity index (χ3n) is 2.82. The van der Waals surface area contributed by atoms with Crippen LogP contribution in [0.3, 0.4) is 0 Å². The normalized spacial score (nSPS) is 10.8. The lowest BCUT2D eigenvalue weighted by Gasteiger charge is -2.03. The van der Waals surface area contributed by atoms with Crippen LogP contribution in [-0.2, 0) is 0 Å². The van der Waals surface area contributed by atoms with Gasteiger partial charge in [-0.2, -0.15) is 0 Å². The topological polar surface area (TPSA) is 29.4 Å². The SMILES string of the molecule is O=Nc1cccc2cc3ccccc3cc12. The molecule has 3 aromatic carbocycles. The molecule has 0 aliphatic rings. The zero-order valence-electron chi connectivity index (χ0n) is 8.55. The average Bonchev–Trinajstić information content (AvgIpc) is 2.35.